The van der Waals surface area contributed by atoms with Gasteiger partial charge in [0.25, 0.3) is 5.91 Å². The summed E-state index contributed by atoms with van der Waals surface area (Å²) in [6.45, 7) is 3.45. The number of hydrogen-bond donors (Lipinski definition) is 2. The van der Waals surface area contributed by atoms with E-state index in [-0.39, 0.29) is 11.5 Å². The minimum Gasteiger partial charge on any atom is -0.497 e. The van der Waals surface area contributed by atoms with E-state index in [0.717, 1.165) is 5.39 Å². The lowest BCUT2D eigenvalue weighted by Gasteiger charge is -2.14. The summed E-state index contributed by atoms with van der Waals surface area (Å²) in [6, 6.07) is 6.66. The minimum absolute atomic E-state index is 0.199. The summed E-state index contributed by atoms with van der Waals surface area (Å²) in [6.07, 6.45) is -0.682. The van der Waals surface area contributed by atoms with Crippen molar-refractivity contribution < 1.29 is 28.3 Å². The number of esters is 1. The maximum Gasteiger partial charge on any atom is 0.355 e. The van der Waals surface area contributed by atoms with E-state index in [0.29, 0.717) is 29.2 Å². The van der Waals surface area contributed by atoms with E-state index in [9.17, 15) is 9.59 Å². The van der Waals surface area contributed by atoms with Crippen LogP contribution in [0.4, 0.5) is 5.82 Å². The van der Waals surface area contributed by atoms with Crippen LogP contribution >= 0.6 is 0 Å². The number of fused-ring (bicyclic) bond motifs is 1. The molecule has 1 aromatic carbocycles. The normalized spacial score (nSPS) is 11.9. The molecule has 0 radical (unpaired) electrons. The average molecular weight is 387 g/mol. The number of carbonyl (C=O) groups is 2. The third kappa shape index (κ3) is 3.93. The molecular weight excluding hydrogens is 366 g/mol. The van der Waals surface area contributed by atoms with Crippen molar-refractivity contribution in [1.29, 1.82) is 0 Å². The summed E-state index contributed by atoms with van der Waals surface area (Å²) in [5.74, 6) is 0.800. The van der Waals surface area contributed by atoms with Gasteiger partial charge in [-0.25, -0.2) is 4.79 Å². The molecule has 1 unspecified atom stereocenters. The van der Waals surface area contributed by atoms with Crippen molar-refractivity contribution in [2.75, 3.05) is 19.5 Å². The Morgan fingerprint density at radius 1 is 1.21 bits per heavy atom. The second-order valence-corrected chi connectivity index (χ2v) is 6.09. The van der Waals surface area contributed by atoms with Gasteiger partial charge >= 0.3 is 5.97 Å². The van der Waals surface area contributed by atoms with Crippen LogP contribution in [0.1, 0.15) is 29.6 Å². The number of aryl methyl sites for hydroxylation is 1. The van der Waals surface area contributed by atoms with Crippen LogP contribution in [-0.2, 0) is 9.53 Å². The van der Waals surface area contributed by atoms with Crippen molar-refractivity contribution in [2.24, 2.45) is 0 Å². The maximum absolute atomic E-state index is 12.6. The number of methoxy groups -OCH3 is 2. The summed E-state index contributed by atoms with van der Waals surface area (Å²) in [5, 5.41) is 6.98. The predicted octanol–water partition coefficient (Wildman–Crippen LogP) is 3.06. The number of anilines is 1. The number of nitrogens with one attached hydrogen (secondary N) is 2. The van der Waals surface area contributed by atoms with Crippen LogP contribution in [0.3, 0.4) is 0 Å². The molecule has 3 rings (SSSR count). The van der Waals surface area contributed by atoms with Gasteiger partial charge in [-0.2, -0.15) is 0 Å². The molecule has 1 amide bonds. The molecule has 0 aliphatic rings. The van der Waals surface area contributed by atoms with E-state index < -0.39 is 18.0 Å². The third-order valence-electron chi connectivity index (χ3n) is 4.13. The highest BCUT2D eigenvalue weighted by atomic mass is 16.5. The Labute approximate surface area is 160 Å². The molecule has 0 bridgehead atoms. The van der Waals surface area contributed by atoms with Crippen molar-refractivity contribution >= 4 is 28.6 Å². The standard InChI is InChI=1S/C19H21N3O6/c1-5-14(18(23)21-16-6-10(2)28-22-16)27-19(24)13-8-11-7-12(25-3)9-15(26-4)17(11)20-13/h6-9,14,20H,5H2,1-4H3,(H,21,22,23). The molecule has 0 fully saturated rings. The highest BCUT2D eigenvalue weighted by molar-refractivity contribution is 6.00. The van der Waals surface area contributed by atoms with Crippen molar-refractivity contribution in [1.82, 2.24) is 10.1 Å². The van der Waals surface area contributed by atoms with E-state index in [1.54, 1.807) is 45.2 Å². The van der Waals surface area contributed by atoms with Crippen molar-refractivity contribution in [3.05, 3.63) is 35.7 Å². The number of rotatable bonds is 7. The van der Waals surface area contributed by atoms with Gasteiger partial charge in [-0.05, 0) is 25.5 Å². The molecule has 28 heavy (non-hydrogen) atoms. The SMILES string of the molecule is CCC(OC(=O)c1cc2cc(OC)cc(OC)c2[nH]1)C(=O)Nc1cc(C)on1. The van der Waals surface area contributed by atoms with Crippen molar-refractivity contribution in [3.8, 4) is 11.5 Å². The van der Waals surface area contributed by atoms with Gasteiger partial charge in [-0.1, -0.05) is 12.1 Å². The van der Waals surface area contributed by atoms with E-state index in [4.69, 9.17) is 18.7 Å². The van der Waals surface area contributed by atoms with E-state index in [1.165, 1.54) is 7.11 Å². The lowest BCUT2D eigenvalue weighted by atomic mass is 10.2. The zero-order valence-electron chi connectivity index (χ0n) is 16.0. The van der Waals surface area contributed by atoms with Crippen LogP contribution in [0.5, 0.6) is 11.5 Å². The summed E-state index contributed by atoms with van der Waals surface area (Å²) >= 11 is 0. The molecule has 1 atom stereocenters. The van der Waals surface area contributed by atoms with Gasteiger partial charge in [0.2, 0.25) is 0 Å². The minimum atomic E-state index is -0.979. The number of carbonyl (C=O) groups excluding carboxylic acids is 2. The van der Waals surface area contributed by atoms with Gasteiger partial charge in [0, 0.05) is 17.5 Å². The first-order valence-electron chi connectivity index (χ1n) is 8.65. The molecule has 0 saturated heterocycles. The third-order valence-corrected chi connectivity index (χ3v) is 4.13. The molecule has 2 N–H and O–H groups in total. The molecule has 0 aliphatic heterocycles. The van der Waals surface area contributed by atoms with Gasteiger partial charge in [0.1, 0.15) is 23.0 Å². The molecule has 0 aliphatic carbocycles. The van der Waals surface area contributed by atoms with Crippen molar-refractivity contribution in [2.45, 2.75) is 26.4 Å². The highest BCUT2D eigenvalue weighted by Crippen LogP contribution is 2.31. The molecule has 0 saturated carbocycles. The Balaban J connectivity index is 1.77. The number of H-pyrrole nitrogens is 1. The summed E-state index contributed by atoms with van der Waals surface area (Å²) in [5.41, 5.74) is 0.830. The first-order valence-corrected chi connectivity index (χ1v) is 8.65. The number of aromatic amines is 1. The fraction of sp³-hybridized carbons (Fsp3) is 0.316. The first-order chi connectivity index (χ1) is 13.4. The number of aromatic nitrogens is 2. The second-order valence-electron chi connectivity index (χ2n) is 6.09. The fourth-order valence-corrected chi connectivity index (χ4v) is 2.72. The number of hydrogen-bond acceptors (Lipinski definition) is 7. The lowest BCUT2D eigenvalue weighted by Crippen LogP contribution is -2.32. The lowest BCUT2D eigenvalue weighted by molar-refractivity contribution is -0.124. The first kappa shape index (κ1) is 19.3. The number of benzene rings is 1. The fourth-order valence-electron chi connectivity index (χ4n) is 2.72. The average Bonchev–Trinajstić information content (AvgIpc) is 3.30. The monoisotopic (exact) mass is 387 g/mol. The van der Waals surface area contributed by atoms with Crippen LogP contribution in [0.2, 0.25) is 0 Å². The highest BCUT2D eigenvalue weighted by Gasteiger charge is 2.24. The van der Waals surface area contributed by atoms with Gasteiger partial charge in [0.15, 0.2) is 11.9 Å². The molecule has 3 aromatic rings. The Hall–Kier alpha value is -3.49. The van der Waals surface area contributed by atoms with Gasteiger partial charge < -0.3 is 29.0 Å². The van der Waals surface area contributed by atoms with Crippen molar-refractivity contribution in [3.63, 3.8) is 0 Å². The molecule has 9 heteroatoms. The van der Waals surface area contributed by atoms with Crippen LogP contribution in [0.15, 0.2) is 28.8 Å². The van der Waals surface area contributed by atoms with Gasteiger partial charge in [-0.3, -0.25) is 4.79 Å². The number of amides is 1. The largest absolute Gasteiger partial charge is 0.497 e. The zero-order chi connectivity index (χ0) is 20.3. The number of ether oxygens (including phenoxy) is 3. The smallest absolute Gasteiger partial charge is 0.355 e. The zero-order valence-corrected chi connectivity index (χ0v) is 16.0. The predicted molar refractivity (Wildman–Crippen MR) is 101 cm³/mol. The van der Waals surface area contributed by atoms with Crippen LogP contribution in [0.25, 0.3) is 10.9 Å². The Morgan fingerprint density at radius 3 is 2.61 bits per heavy atom. The van der Waals surface area contributed by atoms with Crippen LogP contribution < -0.4 is 14.8 Å². The summed E-state index contributed by atoms with van der Waals surface area (Å²) < 4.78 is 20.8. The van der Waals surface area contributed by atoms with E-state index in [1.807, 2.05) is 0 Å². The summed E-state index contributed by atoms with van der Waals surface area (Å²) in [7, 11) is 3.07. The molecule has 0 spiro atoms. The molecule has 2 heterocycles. The number of nitrogens with zero attached hydrogens (tertiary/aromatic N) is 1. The Bertz CT molecular complexity index is 1010. The summed E-state index contributed by atoms with van der Waals surface area (Å²) in [4.78, 5) is 27.9. The Morgan fingerprint density at radius 2 is 2.00 bits per heavy atom. The van der Waals surface area contributed by atoms with E-state index in [2.05, 4.69) is 15.5 Å². The molecule has 148 valence electrons. The topological polar surface area (TPSA) is 116 Å². The van der Waals surface area contributed by atoms with Gasteiger partial charge in [0.05, 0.1) is 19.7 Å². The molecular formula is C19H21N3O6. The quantitative estimate of drug-likeness (QED) is 0.599. The Kier molecular flexibility index (Phi) is 5.53. The van der Waals surface area contributed by atoms with E-state index >= 15 is 0 Å². The maximum atomic E-state index is 12.6. The van der Waals surface area contributed by atoms with Crippen LogP contribution in [-0.4, -0.2) is 42.3 Å². The second kappa shape index (κ2) is 8.03. The molecule has 2 aromatic heterocycles. The van der Waals surface area contributed by atoms with Gasteiger partial charge in [-0.15, -0.1) is 0 Å². The van der Waals surface area contributed by atoms with Crippen LogP contribution in [0, 0.1) is 6.92 Å². The molecule has 9 nitrogen and oxygen atoms in total.